The summed E-state index contributed by atoms with van der Waals surface area (Å²) in [6.07, 6.45) is 2.92. The van der Waals surface area contributed by atoms with Crippen LogP contribution >= 0.6 is 0 Å². The summed E-state index contributed by atoms with van der Waals surface area (Å²) in [5, 5.41) is 27.3. The van der Waals surface area contributed by atoms with Crippen LogP contribution < -0.4 is 0 Å². The molecule has 0 saturated heterocycles. The number of terminal acetylenes is 1. The van der Waals surface area contributed by atoms with E-state index in [2.05, 4.69) is 5.92 Å². The van der Waals surface area contributed by atoms with Crippen molar-refractivity contribution in [3.8, 4) is 12.3 Å². The lowest BCUT2D eigenvalue weighted by Crippen LogP contribution is -2.21. The molecule has 0 aromatic heterocycles. The fourth-order valence-corrected chi connectivity index (χ4v) is 1.10. The van der Waals surface area contributed by atoms with E-state index in [1.165, 1.54) is 0 Å². The van der Waals surface area contributed by atoms with Gasteiger partial charge in [0.05, 0.1) is 6.61 Å². The van der Waals surface area contributed by atoms with E-state index in [1.54, 1.807) is 24.3 Å². The van der Waals surface area contributed by atoms with E-state index in [1.807, 2.05) is 0 Å². The van der Waals surface area contributed by atoms with Crippen molar-refractivity contribution in [1.82, 2.24) is 0 Å². The molecule has 0 saturated carbocycles. The van der Waals surface area contributed by atoms with Crippen LogP contribution in [-0.2, 0) is 0 Å². The Hall–Kier alpha value is -1.34. The van der Waals surface area contributed by atoms with Crippen molar-refractivity contribution in [2.75, 3.05) is 6.61 Å². The normalized spacial score (nSPS) is 14.4. The van der Waals surface area contributed by atoms with Crippen molar-refractivity contribution in [2.24, 2.45) is 0 Å². The largest absolute Gasteiger partial charge is 0.394 e. The van der Waals surface area contributed by atoms with Gasteiger partial charge in [-0.1, -0.05) is 18.1 Å². The lowest BCUT2D eigenvalue weighted by molar-refractivity contribution is -0.0152. The molecule has 1 rings (SSSR count). The molecule has 2 atom stereocenters. The van der Waals surface area contributed by atoms with Crippen LogP contribution in [0.25, 0.3) is 0 Å². The lowest BCUT2D eigenvalue weighted by atomic mass is 10.0. The highest BCUT2D eigenvalue weighted by Gasteiger charge is 2.16. The van der Waals surface area contributed by atoms with Gasteiger partial charge >= 0.3 is 0 Å². The van der Waals surface area contributed by atoms with E-state index < -0.39 is 18.8 Å². The van der Waals surface area contributed by atoms with Gasteiger partial charge in [-0.15, -0.1) is 6.42 Å². The summed E-state index contributed by atoms with van der Waals surface area (Å²) in [6, 6.07) is 6.59. The van der Waals surface area contributed by atoms with E-state index in [0.717, 1.165) is 0 Å². The van der Waals surface area contributed by atoms with Gasteiger partial charge in [-0.25, -0.2) is 0 Å². The van der Waals surface area contributed by atoms with Gasteiger partial charge in [-0.05, 0) is 17.7 Å². The second kappa shape index (κ2) is 4.77. The Morgan fingerprint density at radius 2 is 1.79 bits per heavy atom. The van der Waals surface area contributed by atoms with Crippen molar-refractivity contribution in [3.63, 3.8) is 0 Å². The molecule has 0 fully saturated rings. The van der Waals surface area contributed by atoms with Crippen LogP contribution in [0, 0.1) is 12.3 Å². The van der Waals surface area contributed by atoms with Gasteiger partial charge in [-0.2, -0.15) is 0 Å². The standard InChI is InChI=1S/C11H12O3/c1-2-8-3-5-9(6-4-8)11(14)10(13)7-12/h1,3-6,10-14H,7H2. The Balaban J connectivity index is 2.82. The Morgan fingerprint density at radius 1 is 1.21 bits per heavy atom. The molecular formula is C11H12O3. The highest BCUT2D eigenvalue weighted by atomic mass is 16.4. The molecule has 0 aliphatic carbocycles. The molecule has 0 spiro atoms. The second-order valence-corrected chi connectivity index (χ2v) is 2.96. The van der Waals surface area contributed by atoms with E-state index in [0.29, 0.717) is 11.1 Å². The van der Waals surface area contributed by atoms with Gasteiger partial charge in [0.1, 0.15) is 12.2 Å². The molecule has 74 valence electrons. The summed E-state index contributed by atoms with van der Waals surface area (Å²) < 4.78 is 0. The molecule has 0 bridgehead atoms. The second-order valence-electron chi connectivity index (χ2n) is 2.96. The number of aliphatic hydroxyl groups is 3. The zero-order chi connectivity index (χ0) is 10.6. The van der Waals surface area contributed by atoms with E-state index >= 15 is 0 Å². The summed E-state index contributed by atoms with van der Waals surface area (Å²) in [5.74, 6) is 2.44. The molecule has 0 aliphatic heterocycles. The van der Waals surface area contributed by atoms with Gasteiger partial charge in [0.25, 0.3) is 0 Å². The van der Waals surface area contributed by atoms with Gasteiger partial charge in [0, 0.05) is 5.56 Å². The molecule has 2 unspecified atom stereocenters. The third-order valence-electron chi connectivity index (χ3n) is 1.97. The fraction of sp³-hybridized carbons (Fsp3) is 0.273. The maximum atomic E-state index is 9.49. The maximum absolute atomic E-state index is 9.49. The topological polar surface area (TPSA) is 60.7 Å². The molecular weight excluding hydrogens is 180 g/mol. The molecule has 3 N–H and O–H groups in total. The molecule has 0 aliphatic rings. The Kier molecular flexibility index (Phi) is 3.66. The first-order valence-electron chi connectivity index (χ1n) is 4.22. The number of hydrogen-bond donors (Lipinski definition) is 3. The number of rotatable bonds is 3. The SMILES string of the molecule is C#Cc1ccc(C(O)C(O)CO)cc1. The van der Waals surface area contributed by atoms with Crippen LogP contribution in [-0.4, -0.2) is 28.0 Å². The fourth-order valence-electron chi connectivity index (χ4n) is 1.10. The van der Waals surface area contributed by atoms with E-state index in [-0.39, 0.29) is 0 Å². The molecule has 0 radical (unpaired) electrons. The van der Waals surface area contributed by atoms with Crippen LogP contribution in [0.15, 0.2) is 24.3 Å². The summed E-state index contributed by atoms with van der Waals surface area (Å²) in [5.41, 5.74) is 1.24. The molecule has 1 aromatic carbocycles. The first-order valence-corrected chi connectivity index (χ1v) is 4.22. The zero-order valence-corrected chi connectivity index (χ0v) is 7.59. The summed E-state index contributed by atoms with van der Waals surface area (Å²) in [6.45, 7) is -0.474. The first kappa shape index (κ1) is 10.7. The average Bonchev–Trinajstić information content (AvgIpc) is 2.27. The number of benzene rings is 1. The molecule has 3 heteroatoms. The highest BCUT2D eigenvalue weighted by Crippen LogP contribution is 2.16. The number of hydrogen-bond acceptors (Lipinski definition) is 3. The smallest absolute Gasteiger partial charge is 0.107 e. The third-order valence-corrected chi connectivity index (χ3v) is 1.97. The Morgan fingerprint density at radius 3 is 2.21 bits per heavy atom. The molecule has 0 heterocycles. The highest BCUT2D eigenvalue weighted by molar-refractivity contribution is 5.35. The van der Waals surface area contributed by atoms with Gasteiger partial charge in [-0.3, -0.25) is 0 Å². The zero-order valence-electron chi connectivity index (χ0n) is 7.59. The minimum Gasteiger partial charge on any atom is -0.394 e. The van der Waals surface area contributed by atoms with Crippen molar-refractivity contribution in [1.29, 1.82) is 0 Å². The summed E-state index contributed by atoms with van der Waals surface area (Å²) in [7, 11) is 0. The minimum absolute atomic E-state index is 0.474. The maximum Gasteiger partial charge on any atom is 0.107 e. The molecule has 14 heavy (non-hydrogen) atoms. The van der Waals surface area contributed by atoms with Crippen LogP contribution in [0.2, 0.25) is 0 Å². The number of aliphatic hydroxyl groups excluding tert-OH is 3. The van der Waals surface area contributed by atoms with Crippen LogP contribution in [0.4, 0.5) is 0 Å². The summed E-state index contributed by atoms with van der Waals surface area (Å²) >= 11 is 0. The average molecular weight is 192 g/mol. The van der Waals surface area contributed by atoms with Gasteiger partial charge in [0.2, 0.25) is 0 Å². The van der Waals surface area contributed by atoms with Gasteiger partial charge < -0.3 is 15.3 Å². The van der Waals surface area contributed by atoms with Crippen LogP contribution in [0.5, 0.6) is 0 Å². The first-order chi connectivity index (χ1) is 6.69. The Bertz CT molecular complexity index is 323. The predicted molar refractivity (Wildman–Crippen MR) is 52.4 cm³/mol. The lowest BCUT2D eigenvalue weighted by Gasteiger charge is -2.15. The minimum atomic E-state index is -1.16. The quantitative estimate of drug-likeness (QED) is 0.593. The van der Waals surface area contributed by atoms with Gasteiger partial charge in [0.15, 0.2) is 0 Å². The van der Waals surface area contributed by atoms with Crippen molar-refractivity contribution < 1.29 is 15.3 Å². The molecule has 1 aromatic rings. The van der Waals surface area contributed by atoms with E-state index in [9.17, 15) is 5.11 Å². The van der Waals surface area contributed by atoms with Crippen molar-refractivity contribution >= 4 is 0 Å². The molecule has 0 amide bonds. The van der Waals surface area contributed by atoms with Crippen molar-refractivity contribution in [2.45, 2.75) is 12.2 Å². The third kappa shape index (κ3) is 2.33. The monoisotopic (exact) mass is 192 g/mol. The van der Waals surface area contributed by atoms with Crippen LogP contribution in [0.3, 0.4) is 0 Å². The van der Waals surface area contributed by atoms with Crippen molar-refractivity contribution in [3.05, 3.63) is 35.4 Å². The molecule has 3 nitrogen and oxygen atoms in total. The van der Waals surface area contributed by atoms with Crippen LogP contribution in [0.1, 0.15) is 17.2 Å². The summed E-state index contributed by atoms with van der Waals surface area (Å²) in [4.78, 5) is 0. The van der Waals surface area contributed by atoms with E-state index in [4.69, 9.17) is 16.6 Å². The Labute approximate surface area is 82.6 Å². The predicted octanol–water partition coefficient (Wildman–Crippen LogP) is 0.0545.